The highest BCUT2D eigenvalue weighted by atomic mass is 32.2. The van der Waals surface area contributed by atoms with Crippen molar-refractivity contribution in [3.8, 4) is 11.5 Å². The molecular weight excluding hydrogens is 426 g/mol. The van der Waals surface area contributed by atoms with Gasteiger partial charge in [0.2, 0.25) is 15.9 Å². The highest BCUT2D eigenvalue weighted by Crippen LogP contribution is 2.31. The first kappa shape index (κ1) is 22.3. The normalized spacial score (nSPS) is 16.3. The number of nitrogens with one attached hydrogen (secondary N) is 1. The van der Waals surface area contributed by atoms with E-state index in [0.29, 0.717) is 11.5 Å². The molecule has 0 fully saturated rings. The van der Waals surface area contributed by atoms with E-state index in [1.807, 2.05) is 6.07 Å². The lowest BCUT2D eigenvalue weighted by atomic mass is 10.1. The number of anilines is 1. The molecule has 0 spiro atoms. The molecular formula is C20H23N3O7S. The van der Waals surface area contributed by atoms with Crippen LogP contribution in [0.5, 0.6) is 11.5 Å². The number of hydrogen-bond acceptors (Lipinski definition) is 7. The van der Waals surface area contributed by atoms with Gasteiger partial charge in [0.15, 0.2) is 11.5 Å². The summed E-state index contributed by atoms with van der Waals surface area (Å²) < 4.78 is 37.3. The first-order chi connectivity index (χ1) is 14.7. The summed E-state index contributed by atoms with van der Waals surface area (Å²) in [7, 11) is -3.91. The lowest BCUT2D eigenvalue weighted by Gasteiger charge is -2.31. The lowest BCUT2D eigenvalue weighted by molar-refractivity contribution is -0.384. The van der Waals surface area contributed by atoms with Gasteiger partial charge in [-0.15, -0.1) is 0 Å². The van der Waals surface area contributed by atoms with Crippen molar-refractivity contribution < 1.29 is 27.6 Å². The van der Waals surface area contributed by atoms with Crippen molar-refractivity contribution in [2.45, 2.75) is 25.5 Å². The van der Waals surface area contributed by atoms with Crippen LogP contribution in [0, 0.1) is 10.1 Å². The molecule has 1 N–H and O–H groups in total. The first-order valence-corrected chi connectivity index (χ1v) is 11.5. The molecule has 31 heavy (non-hydrogen) atoms. The van der Waals surface area contributed by atoms with Crippen LogP contribution in [0.4, 0.5) is 11.4 Å². The molecule has 0 unspecified atom stereocenters. The third-order valence-corrected chi connectivity index (χ3v) is 5.88. The van der Waals surface area contributed by atoms with E-state index < -0.39 is 33.0 Å². The molecule has 10 nitrogen and oxygen atoms in total. The molecule has 2 aromatic carbocycles. The zero-order valence-corrected chi connectivity index (χ0v) is 17.9. The fraction of sp³-hybridized carbons (Fsp3) is 0.350. The minimum atomic E-state index is -3.91. The fourth-order valence-electron chi connectivity index (χ4n) is 3.30. The summed E-state index contributed by atoms with van der Waals surface area (Å²) in [6.07, 6.45) is 0.671. The largest absolute Gasteiger partial charge is 0.486 e. The molecule has 2 aromatic rings. The van der Waals surface area contributed by atoms with Gasteiger partial charge in [-0.2, -0.15) is 0 Å². The third kappa shape index (κ3) is 5.23. The number of nitro benzene ring substituents is 1. The minimum absolute atomic E-state index is 0.0462. The van der Waals surface area contributed by atoms with Crippen LogP contribution in [0.15, 0.2) is 48.5 Å². The van der Waals surface area contributed by atoms with Gasteiger partial charge < -0.3 is 14.8 Å². The number of hydrogen-bond donors (Lipinski definition) is 1. The Balaban J connectivity index is 1.76. The minimum Gasteiger partial charge on any atom is -0.486 e. The molecule has 0 saturated carbocycles. The van der Waals surface area contributed by atoms with E-state index in [-0.39, 0.29) is 30.9 Å². The number of carbonyl (C=O) groups is 1. The average molecular weight is 449 g/mol. The summed E-state index contributed by atoms with van der Waals surface area (Å²) in [6, 6.07) is 11.2. The zero-order valence-electron chi connectivity index (χ0n) is 17.1. The van der Waals surface area contributed by atoms with Crippen LogP contribution in [0.25, 0.3) is 0 Å². The van der Waals surface area contributed by atoms with Crippen LogP contribution >= 0.6 is 0 Å². The number of amides is 1. The van der Waals surface area contributed by atoms with Gasteiger partial charge in [0.1, 0.15) is 18.8 Å². The Morgan fingerprint density at radius 2 is 1.97 bits per heavy atom. The highest BCUT2D eigenvalue weighted by molar-refractivity contribution is 7.92. The second kappa shape index (κ2) is 9.21. The number of nitrogens with zero attached hydrogens (tertiary/aromatic N) is 2. The monoisotopic (exact) mass is 449 g/mol. The standard InChI is InChI=1S/C20H23N3O7S/c1-3-17(22(31(2,27)28)14-7-6-8-15(11-14)23(25)26)20(24)21-12-16-13-29-18-9-4-5-10-19(18)30-16/h4-11,16-17H,3,12-13H2,1-2H3,(H,21,24)/t16-,17-/m1/s1. The van der Waals surface area contributed by atoms with Crippen molar-refractivity contribution in [1.29, 1.82) is 0 Å². The number of nitro groups is 1. The van der Waals surface area contributed by atoms with Crippen LogP contribution in [-0.2, 0) is 14.8 Å². The van der Waals surface area contributed by atoms with Gasteiger partial charge in [0.25, 0.3) is 5.69 Å². The number of rotatable bonds is 8. The van der Waals surface area contributed by atoms with Crippen LogP contribution in [0.1, 0.15) is 13.3 Å². The van der Waals surface area contributed by atoms with Crippen LogP contribution in [0.2, 0.25) is 0 Å². The summed E-state index contributed by atoms with van der Waals surface area (Å²) in [4.78, 5) is 23.4. The number of non-ortho nitro benzene ring substituents is 1. The van der Waals surface area contributed by atoms with E-state index in [4.69, 9.17) is 9.47 Å². The predicted molar refractivity (Wildman–Crippen MR) is 114 cm³/mol. The number of carbonyl (C=O) groups excluding carboxylic acids is 1. The van der Waals surface area contributed by atoms with Gasteiger partial charge in [0, 0.05) is 12.1 Å². The number of fused-ring (bicyclic) bond motifs is 1. The molecule has 0 aromatic heterocycles. The maximum atomic E-state index is 12.9. The molecule has 3 rings (SSSR count). The third-order valence-electron chi connectivity index (χ3n) is 4.70. The van der Waals surface area contributed by atoms with E-state index in [1.165, 1.54) is 18.2 Å². The smallest absolute Gasteiger partial charge is 0.271 e. The quantitative estimate of drug-likeness (QED) is 0.483. The molecule has 11 heteroatoms. The van der Waals surface area contributed by atoms with Crippen molar-refractivity contribution >= 4 is 27.3 Å². The fourth-order valence-corrected chi connectivity index (χ4v) is 4.50. The summed E-state index contributed by atoms with van der Waals surface area (Å²) in [5.41, 5.74) is -0.224. The number of ether oxygens (including phenoxy) is 2. The van der Waals surface area contributed by atoms with Crippen molar-refractivity contribution in [2.75, 3.05) is 23.7 Å². The predicted octanol–water partition coefficient (Wildman–Crippen LogP) is 2.10. The van der Waals surface area contributed by atoms with Crippen molar-refractivity contribution in [1.82, 2.24) is 5.32 Å². The van der Waals surface area contributed by atoms with Crippen molar-refractivity contribution in [3.63, 3.8) is 0 Å². The summed E-state index contributed by atoms with van der Waals surface area (Å²) in [5, 5.41) is 13.8. The van der Waals surface area contributed by atoms with Gasteiger partial charge in [-0.3, -0.25) is 19.2 Å². The molecule has 0 radical (unpaired) electrons. The number of para-hydroxylation sites is 2. The van der Waals surface area contributed by atoms with Crippen molar-refractivity contribution in [2.24, 2.45) is 0 Å². The zero-order chi connectivity index (χ0) is 22.6. The van der Waals surface area contributed by atoms with E-state index >= 15 is 0 Å². The Morgan fingerprint density at radius 3 is 2.61 bits per heavy atom. The van der Waals surface area contributed by atoms with E-state index in [1.54, 1.807) is 25.1 Å². The van der Waals surface area contributed by atoms with Gasteiger partial charge in [-0.1, -0.05) is 25.1 Å². The average Bonchev–Trinajstić information content (AvgIpc) is 2.74. The maximum Gasteiger partial charge on any atom is 0.271 e. The first-order valence-electron chi connectivity index (χ1n) is 9.60. The molecule has 0 saturated heterocycles. The summed E-state index contributed by atoms with van der Waals surface area (Å²) in [5.74, 6) is 0.640. The maximum absolute atomic E-state index is 12.9. The van der Waals surface area contributed by atoms with E-state index in [9.17, 15) is 23.3 Å². The molecule has 0 aliphatic carbocycles. The van der Waals surface area contributed by atoms with E-state index in [2.05, 4.69) is 5.32 Å². The summed E-state index contributed by atoms with van der Waals surface area (Å²) >= 11 is 0. The molecule has 1 heterocycles. The number of sulfonamides is 1. The Hall–Kier alpha value is -3.34. The summed E-state index contributed by atoms with van der Waals surface area (Å²) in [6.45, 7) is 2.00. The molecule has 166 valence electrons. The lowest BCUT2D eigenvalue weighted by Crippen LogP contribution is -2.51. The van der Waals surface area contributed by atoms with Crippen LogP contribution in [0.3, 0.4) is 0 Å². The SMILES string of the molecule is CC[C@H](C(=O)NC[C@@H]1COc2ccccc2O1)N(c1cccc([N+](=O)[O-])c1)S(C)(=O)=O. The van der Waals surface area contributed by atoms with Gasteiger partial charge in [-0.05, 0) is 24.6 Å². The Morgan fingerprint density at radius 1 is 1.26 bits per heavy atom. The Kier molecular flexibility index (Phi) is 6.64. The number of benzene rings is 2. The Bertz CT molecular complexity index is 1070. The molecule has 1 aliphatic rings. The second-order valence-electron chi connectivity index (χ2n) is 7.00. The molecule has 1 aliphatic heterocycles. The molecule has 2 atom stereocenters. The van der Waals surface area contributed by atoms with Crippen molar-refractivity contribution in [3.05, 3.63) is 58.6 Å². The van der Waals surface area contributed by atoms with E-state index in [0.717, 1.165) is 16.6 Å². The van der Waals surface area contributed by atoms with Gasteiger partial charge >= 0.3 is 0 Å². The second-order valence-corrected chi connectivity index (χ2v) is 8.86. The molecule has 0 bridgehead atoms. The Labute approximate surface area is 180 Å². The molecule has 1 amide bonds. The van der Waals surface area contributed by atoms with Crippen LogP contribution < -0.4 is 19.1 Å². The highest BCUT2D eigenvalue weighted by Gasteiger charge is 2.33. The van der Waals surface area contributed by atoms with Gasteiger partial charge in [0.05, 0.1) is 23.4 Å². The van der Waals surface area contributed by atoms with Gasteiger partial charge in [-0.25, -0.2) is 8.42 Å². The topological polar surface area (TPSA) is 128 Å². The van der Waals surface area contributed by atoms with Crippen LogP contribution in [-0.4, -0.2) is 50.8 Å².